The molecule has 2 N–H and O–H groups in total. The summed E-state index contributed by atoms with van der Waals surface area (Å²) in [6.45, 7) is 8.07. The fourth-order valence-electron chi connectivity index (χ4n) is 6.12. The monoisotopic (exact) mass is 531 g/mol. The number of hydrogen-bond donors (Lipinski definition) is 1. The lowest BCUT2D eigenvalue weighted by atomic mass is 9.87. The summed E-state index contributed by atoms with van der Waals surface area (Å²) in [4.78, 5) is 21.2. The molecule has 0 bridgehead atoms. The van der Waals surface area contributed by atoms with Crippen molar-refractivity contribution in [1.29, 1.82) is 0 Å². The van der Waals surface area contributed by atoms with Crippen molar-refractivity contribution in [3.05, 3.63) is 81.7 Å². The van der Waals surface area contributed by atoms with Crippen LogP contribution in [-0.4, -0.2) is 22.8 Å². The SMILES string of the molecule is [C-]#[N+]c1ccc(-c2sc(N)c(C(=O)c3ccc(Cl)cc3)c2CN(C2CCCCC2)C2CCCCC2)cc1. The normalized spacial score (nSPS) is 17.1. The first-order valence-corrected chi connectivity index (χ1v) is 14.7. The van der Waals surface area contributed by atoms with Gasteiger partial charge in [-0.3, -0.25) is 9.69 Å². The van der Waals surface area contributed by atoms with Gasteiger partial charge in [0.25, 0.3) is 0 Å². The summed E-state index contributed by atoms with van der Waals surface area (Å²) < 4.78 is 0. The molecule has 5 rings (SSSR count). The topological polar surface area (TPSA) is 50.7 Å². The van der Waals surface area contributed by atoms with Crippen molar-refractivity contribution < 1.29 is 4.79 Å². The van der Waals surface area contributed by atoms with Crippen molar-refractivity contribution in [3.8, 4) is 10.4 Å². The lowest BCUT2D eigenvalue weighted by molar-refractivity contribution is 0.0728. The van der Waals surface area contributed by atoms with Gasteiger partial charge in [0.05, 0.1) is 17.1 Å². The Labute approximate surface area is 229 Å². The number of nitrogens with two attached hydrogens (primary N) is 1. The summed E-state index contributed by atoms with van der Waals surface area (Å²) in [5, 5.41) is 1.17. The van der Waals surface area contributed by atoms with E-state index in [-0.39, 0.29) is 5.78 Å². The third-order valence-electron chi connectivity index (χ3n) is 8.05. The van der Waals surface area contributed by atoms with Gasteiger partial charge in [-0.15, -0.1) is 11.3 Å². The highest BCUT2D eigenvalue weighted by atomic mass is 35.5. The second-order valence-corrected chi connectivity index (χ2v) is 11.9. The first kappa shape index (κ1) is 26.0. The van der Waals surface area contributed by atoms with Crippen LogP contribution in [0.4, 0.5) is 10.7 Å². The predicted octanol–water partition coefficient (Wildman–Crippen LogP) is 8.90. The molecule has 0 amide bonds. The highest BCUT2D eigenvalue weighted by Crippen LogP contribution is 2.43. The first-order valence-electron chi connectivity index (χ1n) is 13.5. The van der Waals surface area contributed by atoms with Crippen LogP contribution < -0.4 is 5.73 Å². The van der Waals surface area contributed by atoms with Crippen molar-refractivity contribution in [2.45, 2.75) is 82.8 Å². The zero-order chi connectivity index (χ0) is 25.8. The Morgan fingerprint density at radius 3 is 2.03 bits per heavy atom. The lowest BCUT2D eigenvalue weighted by Gasteiger charge is -2.42. The van der Waals surface area contributed by atoms with Crippen LogP contribution in [0, 0.1) is 6.57 Å². The van der Waals surface area contributed by atoms with Gasteiger partial charge in [0.2, 0.25) is 0 Å². The number of hydrogen-bond acceptors (Lipinski definition) is 4. The van der Waals surface area contributed by atoms with E-state index in [1.54, 1.807) is 24.3 Å². The number of nitrogen functional groups attached to an aromatic ring is 1. The predicted molar refractivity (Wildman–Crippen MR) is 155 cm³/mol. The molecule has 4 nitrogen and oxygen atoms in total. The summed E-state index contributed by atoms with van der Waals surface area (Å²) in [6, 6.07) is 15.9. The highest BCUT2D eigenvalue weighted by Gasteiger charge is 2.32. The molecular formula is C31H34ClN3OS. The Morgan fingerprint density at radius 2 is 1.49 bits per heavy atom. The smallest absolute Gasteiger partial charge is 0.196 e. The summed E-state index contributed by atoms with van der Waals surface area (Å²) in [7, 11) is 0. The fourth-order valence-corrected chi connectivity index (χ4v) is 7.32. The van der Waals surface area contributed by atoms with Crippen LogP contribution in [-0.2, 0) is 6.54 Å². The molecule has 0 aliphatic heterocycles. The number of halogens is 1. The van der Waals surface area contributed by atoms with Gasteiger partial charge in [-0.25, -0.2) is 4.85 Å². The van der Waals surface area contributed by atoms with Gasteiger partial charge in [-0.05, 0) is 61.1 Å². The third-order valence-corrected chi connectivity index (χ3v) is 9.42. The fraction of sp³-hybridized carbons (Fsp3) is 0.419. The molecule has 2 saturated carbocycles. The third kappa shape index (κ3) is 5.77. The molecular weight excluding hydrogens is 498 g/mol. The van der Waals surface area contributed by atoms with Gasteiger partial charge >= 0.3 is 0 Å². The van der Waals surface area contributed by atoms with Crippen molar-refractivity contribution in [2.75, 3.05) is 5.73 Å². The van der Waals surface area contributed by atoms with Crippen LogP contribution >= 0.6 is 22.9 Å². The van der Waals surface area contributed by atoms with Gasteiger partial charge in [-0.1, -0.05) is 74.4 Å². The Balaban J connectivity index is 1.60. The Kier molecular flexibility index (Phi) is 8.30. The number of ketones is 1. The second kappa shape index (κ2) is 11.8. The Morgan fingerprint density at radius 1 is 0.919 bits per heavy atom. The summed E-state index contributed by atoms with van der Waals surface area (Å²) in [5.41, 5.74) is 10.5. The highest BCUT2D eigenvalue weighted by molar-refractivity contribution is 7.20. The lowest BCUT2D eigenvalue weighted by Crippen LogP contribution is -2.44. The van der Waals surface area contributed by atoms with E-state index < -0.39 is 0 Å². The average molecular weight is 532 g/mol. The molecule has 0 saturated heterocycles. The quantitative estimate of drug-likeness (QED) is 0.244. The number of nitrogens with zero attached hydrogens (tertiary/aromatic N) is 2. The Bertz CT molecular complexity index is 1250. The second-order valence-electron chi connectivity index (χ2n) is 10.4. The minimum atomic E-state index is -0.0447. The number of rotatable bonds is 7. The number of benzene rings is 2. The van der Waals surface area contributed by atoms with E-state index in [0.29, 0.717) is 38.9 Å². The van der Waals surface area contributed by atoms with Crippen LogP contribution in [0.2, 0.25) is 5.02 Å². The van der Waals surface area contributed by atoms with E-state index in [1.807, 2.05) is 24.3 Å². The number of thiophene rings is 1. The standard InChI is InChI=1S/C31H34ClN3OS/c1-34-24-18-14-22(15-19-24)30-27(28(31(33)37-30)29(36)21-12-16-23(32)17-13-21)20-35(25-8-4-2-5-9-25)26-10-6-3-7-11-26/h12-19,25-26H,2-11,20,33H2. The molecule has 0 unspecified atom stereocenters. The van der Waals surface area contributed by atoms with Gasteiger partial charge < -0.3 is 5.73 Å². The minimum Gasteiger partial charge on any atom is -0.390 e. The molecule has 1 heterocycles. The number of carbonyl (C=O) groups is 1. The zero-order valence-electron chi connectivity index (χ0n) is 21.2. The molecule has 2 aliphatic rings. The van der Waals surface area contributed by atoms with E-state index in [0.717, 1.165) is 22.5 Å². The average Bonchev–Trinajstić information content (AvgIpc) is 3.28. The van der Waals surface area contributed by atoms with Crippen molar-refractivity contribution in [2.24, 2.45) is 0 Å². The van der Waals surface area contributed by atoms with Crippen LogP contribution in [0.15, 0.2) is 48.5 Å². The van der Waals surface area contributed by atoms with Crippen molar-refractivity contribution in [1.82, 2.24) is 4.90 Å². The molecule has 1 aromatic heterocycles. The van der Waals surface area contributed by atoms with Crippen LogP contribution in [0.1, 0.15) is 85.7 Å². The zero-order valence-corrected chi connectivity index (χ0v) is 22.8. The Hall–Kier alpha value is -2.65. The molecule has 2 aromatic carbocycles. The maximum Gasteiger partial charge on any atom is 0.196 e. The molecule has 0 radical (unpaired) electrons. The van der Waals surface area contributed by atoms with Crippen molar-refractivity contribution in [3.63, 3.8) is 0 Å². The first-order chi connectivity index (χ1) is 18.0. The maximum atomic E-state index is 13.9. The molecule has 6 heteroatoms. The van der Waals surface area contributed by atoms with Crippen LogP contribution in [0.5, 0.6) is 0 Å². The maximum absolute atomic E-state index is 13.9. The molecule has 3 aromatic rings. The molecule has 2 aliphatic carbocycles. The van der Waals surface area contributed by atoms with E-state index in [2.05, 4.69) is 9.74 Å². The van der Waals surface area contributed by atoms with E-state index in [1.165, 1.54) is 75.5 Å². The number of anilines is 1. The largest absolute Gasteiger partial charge is 0.390 e. The van der Waals surface area contributed by atoms with Crippen LogP contribution in [0.3, 0.4) is 0 Å². The molecule has 37 heavy (non-hydrogen) atoms. The number of carbonyl (C=O) groups excluding carboxylic acids is 1. The van der Waals surface area contributed by atoms with Gasteiger partial charge in [0.1, 0.15) is 0 Å². The van der Waals surface area contributed by atoms with Crippen molar-refractivity contribution >= 4 is 39.4 Å². The van der Waals surface area contributed by atoms with Crippen LogP contribution in [0.25, 0.3) is 15.3 Å². The van der Waals surface area contributed by atoms with E-state index in [4.69, 9.17) is 23.9 Å². The molecule has 0 atom stereocenters. The summed E-state index contributed by atoms with van der Waals surface area (Å²) in [6.07, 6.45) is 12.7. The van der Waals surface area contributed by atoms with E-state index >= 15 is 0 Å². The molecule has 192 valence electrons. The minimum absolute atomic E-state index is 0.0447. The summed E-state index contributed by atoms with van der Waals surface area (Å²) >= 11 is 7.61. The van der Waals surface area contributed by atoms with Gasteiger partial charge in [-0.2, -0.15) is 0 Å². The van der Waals surface area contributed by atoms with Gasteiger partial charge in [0, 0.05) is 34.1 Å². The van der Waals surface area contributed by atoms with E-state index in [9.17, 15) is 4.79 Å². The molecule has 0 spiro atoms. The summed E-state index contributed by atoms with van der Waals surface area (Å²) in [5.74, 6) is -0.0447. The van der Waals surface area contributed by atoms with Gasteiger partial charge in [0.15, 0.2) is 11.5 Å². The molecule has 2 fully saturated rings.